The number of esters is 2. The number of urea groups is 1. The molecular weight excluding hydrogens is 789 g/mol. The molecule has 0 aliphatic carbocycles. The molecule has 3 aliphatic heterocycles. The number of nitrogens with one attached hydrogen (secondary N) is 3. The van der Waals surface area contributed by atoms with Crippen LogP contribution in [0.15, 0.2) is 34.0 Å². The standard InChI is InChI=1S/C31H32N8O13S3/c1-5-37-8-9-38(24(45)23(37)44)28(47)33-21(17-6-7-19(50-15(3)41)20(10-17)51-16(4)42)22(43)34-31(32-13-40)26(46)39-25(52-30(48)49)18(11-53-27(31)39)12-54-29-36-35-14(2)55-29/h6-7,10,13,21,27H,5,8-9,11-12H2,1-4H3,(H,32,40)(H,33,47)(H,34,43)(H,48,49)/t21?,27-,31+/m0/s1. The van der Waals surface area contributed by atoms with Gasteiger partial charge in [-0.25, -0.2) is 9.59 Å². The van der Waals surface area contributed by atoms with Crippen LogP contribution in [0.1, 0.15) is 37.4 Å². The number of thioether (sulfide) groups is 2. The number of hydrogen-bond acceptors (Lipinski definition) is 17. The maximum absolute atomic E-state index is 14.3. The third-order valence-electron chi connectivity index (χ3n) is 8.04. The zero-order valence-corrected chi connectivity index (χ0v) is 31.8. The minimum absolute atomic E-state index is 0.00374. The second kappa shape index (κ2) is 16.7. The van der Waals surface area contributed by atoms with Crippen LogP contribution in [0.4, 0.5) is 9.59 Å². The first-order valence-electron chi connectivity index (χ1n) is 16.1. The number of imide groups is 1. The van der Waals surface area contributed by atoms with Gasteiger partial charge in [0.25, 0.3) is 5.91 Å². The van der Waals surface area contributed by atoms with E-state index in [1.807, 2.05) is 0 Å². The molecule has 2 saturated heterocycles. The van der Waals surface area contributed by atoms with Crippen LogP contribution in [-0.2, 0) is 38.3 Å². The minimum atomic E-state index is -2.23. The topological polar surface area (TPSA) is 273 Å². The molecule has 1 aromatic heterocycles. The summed E-state index contributed by atoms with van der Waals surface area (Å²) in [6.07, 6.45) is -1.60. The number of amides is 7. The first kappa shape index (κ1) is 40.4. The quantitative estimate of drug-likeness (QED) is 0.0403. The lowest BCUT2D eigenvalue weighted by molar-refractivity contribution is -0.163. The normalized spacial score (nSPS) is 19.8. The van der Waals surface area contributed by atoms with Crippen LogP contribution in [-0.4, -0.2) is 126 Å². The molecule has 0 radical (unpaired) electrons. The van der Waals surface area contributed by atoms with Crippen LogP contribution >= 0.6 is 34.9 Å². The molecule has 0 bridgehead atoms. The van der Waals surface area contributed by atoms with Crippen molar-refractivity contribution in [2.75, 3.05) is 31.1 Å². The number of nitrogens with zero attached hydrogens (tertiary/aromatic N) is 5. The average Bonchev–Trinajstić information content (AvgIpc) is 3.55. The highest BCUT2D eigenvalue weighted by molar-refractivity contribution is 8.01. The molecule has 7 amide bonds. The van der Waals surface area contributed by atoms with Crippen molar-refractivity contribution in [3.63, 3.8) is 0 Å². The summed E-state index contributed by atoms with van der Waals surface area (Å²) in [5.74, 6) is -6.62. The zero-order valence-electron chi connectivity index (χ0n) is 29.3. The van der Waals surface area contributed by atoms with Crippen molar-refractivity contribution in [3.05, 3.63) is 40.2 Å². The number of carbonyl (C=O) groups excluding carboxylic acids is 8. The number of piperazine rings is 1. The van der Waals surface area contributed by atoms with Crippen LogP contribution < -0.4 is 25.4 Å². The number of ether oxygens (including phenoxy) is 3. The highest BCUT2D eigenvalue weighted by atomic mass is 32.2. The summed E-state index contributed by atoms with van der Waals surface area (Å²) in [6, 6.07) is 0.430. The van der Waals surface area contributed by atoms with Gasteiger partial charge >= 0.3 is 35.9 Å². The fourth-order valence-corrected chi connectivity index (χ4v) is 8.97. The SMILES string of the molecule is CCN1CCN(C(=O)NC(C(=O)N[C@]2(NC=O)C(=O)N3C(OC(=O)O)=C(CSc4nnc(C)s4)CS[C@H]32)c2ccc(OC(C)=O)c(OC(C)=O)c2)C(=O)C1=O. The summed E-state index contributed by atoms with van der Waals surface area (Å²) in [7, 11) is 0. The summed E-state index contributed by atoms with van der Waals surface area (Å²) in [5, 5.41) is 24.2. The highest BCUT2D eigenvalue weighted by Crippen LogP contribution is 2.46. The molecule has 3 atom stereocenters. The summed E-state index contributed by atoms with van der Waals surface area (Å²) >= 11 is 3.58. The fraction of sp³-hybridized carbons (Fsp3) is 0.387. The Balaban J connectivity index is 1.49. The average molecular weight is 821 g/mol. The number of fused-ring (bicyclic) bond motifs is 1. The first-order valence-corrected chi connectivity index (χ1v) is 18.9. The van der Waals surface area contributed by atoms with E-state index in [9.17, 15) is 48.3 Å². The van der Waals surface area contributed by atoms with E-state index in [1.165, 1.54) is 34.1 Å². The first-order chi connectivity index (χ1) is 26.1. The van der Waals surface area contributed by atoms with E-state index in [0.717, 1.165) is 42.6 Å². The second-order valence-electron chi connectivity index (χ2n) is 11.7. The smallest absolute Gasteiger partial charge is 0.449 e. The number of aromatic nitrogens is 2. The molecule has 4 heterocycles. The molecule has 2 fully saturated rings. The van der Waals surface area contributed by atoms with Crippen LogP contribution in [0.25, 0.3) is 0 Å². The number of aryl methyl sites for hydroxylation is 1. The second-order valence-corrected chi connectivity index (χ2v) is 15.1. The highest BCUT2D eigenvalue weighted by Gasteiger charge is 2.66. The van der Waals surface area contributed by atoms with Gasteiger partial charge in [-0.1, -0.05) is 29.2 Å². The molecule has 3 aliphatic rings. The number of carbonyl (C=O) groups is 9. The van der Waals surface area contributed by atoms with Crippen molar-refractivity contribution in [1.82, 2.24) is 40.8 Å². The Morgan fingerprint density at radius 1 is 1.05 bits per heavy atom. The van der Waals surface area contributed by atoms with Crippen molar-refractivity contribution in [3.8, 4) is 11.5 Å². The third kappa shape index (κ3) is 8.49. The Morgan fingerprint density at radius 2 is 1.76 bits per heavy atom. The lowest BCUT2D eigenvalue weighted by Crippen LogP contribution is -2.85. The van der Waals surface area contributed by atoms with Gasteiger partial charge in [-0.2, -0.15) is 0 Å². The van der Waals surface area contributed by atoms with Crippen molar-refractivity contribution >= 4 is 89.0 Å². The van der Waals surface area contributed by atoms with Crippen LogP contribution in [0.5, 0.6) is 11.5 Å². The van der Waals surface area contributed by atoms with Crippen molar-refractivity contribution < 1.29 is 62.5 Å². The van der Waals surface area contributed by atoms with Gasteiger partial charge in [0.05, 0.1) is 0 Å². The Bertz CT molecular complexity index is 2010. The molecule has 292 valence electrons. The Kier molecular flexibility index (Phi) is 12.3. The van der Waals surface area contributed by atoms with Crippen LogP contribution in [0, 0.1) is 6.92 Å². The molecule has 55 heavy (non-hydrogen) atoms. The third-order valence-corrected chi connectivity index (χ3v) is 11.5. The van der Waals surface area contributed by atoms with Crippen molar-refractivity contribution in [2.45, 2.75) is 49.1 Å². The van der Waals surface area contributed by atoms with Crippen molar-refractivity contribution in [2.24, 2.45) is 0 Å². The van der Waals surface area contributed by atoms with Gasteiger partial charge < -0.3 is 40.2 Å². The van der Waals surface area contributed by atoms with Crippen molar-refractivity contribution in [1.29, 1.82) is 0 Å². The maximum atomic E-state index is 14.3. The van der Waals surface area contributed by atoms with Gasteiger partial charge in [0, 0.05) is 50.6 Å². The monoisotopic (exact) mass is 820 g/mol. The lowest BCUT2D eigenvalue weighted by atomic mass is 9.95. The number of hydrogen-bond donors (Lipinski definition) is 4. The Morgan fingerprint density at radius 3 is 2.38 bits per heavy atom. The van der Waals surface area contributed by atoms with E-state index >= 15 is 0 Å². The van der Waals surface area contributed by atoms with Gasteiger partial charge in [-0.3, -0.25) is 43.4 Å². The zero-order chi connectivity index (χ0) is 40.2. The molecule has 1 aromatic carbocycles. The molecule has 0 saturated carbocycles. The van der Waals surface area contributed by atoms with Gasteiger partial charge in [0.1, 0.15) is 16.4 Å². The molecule has 21 nitrogen and oxygen atoms in total. The predicted octanol–water partition coefficient (Wildman–Crippen LogP) is 0.311. The molecule has 1 unspecified atom stereocenters. The number of rotatable bonds is 13. The van der Waals surface area contributed by atoms with Gasteiger partial charge in [0.2, 0.25) is 23.9 Å². The molecule has 4 N–H and O–H groups in total. The van der Waals surface area contributed by atoms with E-state index in [2.05, 4.69) is 26.1 Å². The lowest BCUT2D eigenvalue weighted by Gasteiger charge is -2.56. The fourth-order valence-electron chi connectivity index (χ4n) is 5.63. The number of β-lactam (4-membered cyclic amide) rings is 1. The van der Waals surface area contributed by atoms with E-state index in [0.29, 0.717) is 19.8 Å². The number of benzene rings is 1. The van der Waals surface area contributed by atoms with Crippen LogP contribution in [0.3, 0.4) is 0 Å². The van der Waals surface area contributed by atoms with E-state index in [-0.39, 0.29) is 60.5 Å². The Labute approximate surface area is 323 Å². The number of likely N-dealkylation sites (N-methyl/N-ethyl adjacent to an activating group) is 1. The molecule has 0 spiro atoms. The number of carboxylic acid groups (broad SMARTS) is 1. The minimum Gasteiger partial charge on any atom is -0.449 e. The van der Waals surface area contributed by atoms with Gasteiger partial charge in [-0.05, 0) is 31.5 Å². The molecule has 24 heteroatoms. The molecular formula is C31H32N8O13S3. The van der Waals surface area contributed by atoms with E-state index < -0.39 is 64.8 Å². The molecule has 2 aromatic rings. The largest absolute Gasteiger partial charge is 0.512 e. The van der Waals surface area contributed by atoms with E-state index in [1.54, 1.807) is 13.8 Å². The molecule has 5 rings (SSSR count). The maximum Gasteiger partial charge on any atom is 0.512 e. The predicted molar refractivity (Wildman–Crippen MR) is 189 cm³/mol. The summed E-state index contributed by atoms with van der Waals surface area (Å²) < 4.78 is 15.9. The van der Waals surface area contributed by atoms with Gasteiger partial charge in [0.15, 0.2) is 15.8 Å². The van der Waals surface area contributed by atoms with Gasteiger partial charge in [-0.15, -0.1) is 22.0 Å². The summed E-state index contributed by atoms with van der Waals surface area (Å²) in [4.78, 5) is 118. The summed E-state index contributed by atoms with van der Waals surface area (Å²) in [6.45, 7) is 5.51. The van der Waals surface area contributed by atoms with E-state index in [4.69, 9.17) is 14.2 Å². The summed E-state index contributed by atoms with van der Waals surface area (Å²) in [5.41, 5.74) is -1.98. The van der Waals surface area contributed by atoms with Crippen LogP contribution in [0.2, 0.25) is 0 Å². The Hall–Kier alpha value is -5.75.